The second-order valence-corrected chi connectivity index (χ2v) is 8.72. The Bertz CT molecular complexity index is 905. The predicted molar refractivity (Wildman–Crippen MR) is 111 cm³/mol. The average Bonchev–Trinajstić information content (AvgIpc) is 3.25. The molecule has 1 fully saturated rings. The number of thioether (sulfide) groups is 1. The zero-order valence-corrected chi connectivity index (χ0v) is 16.3. The van der Waals surface area contributed by atoms with Gasteiger partial charge >= 0.3 is 0 Å². The van der Waals surface area contributed by atoms with E-state index in [9.17, 15) is 9.59 Å². The molecule has 0 saturated carbocycles. The van der Waals surface area contributed by atoms with Gasteiger partial charge in [0.2, 0.25) is 5.91 Å². The highest BCUT2D eigenvalue weighted by molar-refractivity contribution is 8.26. The van der Waals surface area contributed by atoms with Crippen LogP contribution in [-0.2, 0) is 16.0 Å². The lowest BCUT2D eigenvalue weighted by Gasteiger charge is -2.30. The molecule has 26 heavy (non-hydrogen) atoms. The molecule has 0 atom stereocenters. The SMILES string of the molecule is O=C1/C(=C/c2cccs2)SC(=S)N1CC(=O)N1CCCc2ccccc21. The van der Waals surface area contributed by atoms with Gasteiger partial charge in [-0.05, 0) is 42.0 Å². The highest BCUT2D eigenvalue weighted by Gasteiger charge is 2.35. The van der Waals surface area contributed by atoms with Crippen LogP contribution in [0.5, 0.6) is 0 Å². The van der Waals surface area contributed by atoms with Crippen molar-refractivity contribution in [2.24, 2.45) is 0 Å². The number of hydrogen-bond acceptors (Lipinski definition) is 5. The third-order valence-electron chi connectivity index (χ3n) is 4.39. The van der Waals surface area contributed by atoms with E-state index >= 15 is 0 Å². The molecular weight excluding hydrogens is 384 g/mol. The van der Waals surface area contributed by atoms with Crippen LogP contribution in [0.2, 0.25) is 0 Å². The van der Waals surface area contributed by atoms with Gasteiger partial charge in [0, 0.05) is 17.1 Å². The van der Waals surface area contributed by atoms with Crippen LogP contribution in [-0.4, -0.2) is 34.1 Å². The Kier molecular flexibility index (Phi) is 4.93. The van der Waals surface area contributed by atoms with E-state index in [4.69, 9.17) is 12.2 Å². The summed E-state index contributed by atoms with van der Waals surface area (Å²) in [7, 11) is 0. The minimum Gasteiger partial charge on any atom is -0.311 e. The van der Waals surface area contributed by atoms with Crippen LogP contribution in [0.1, 0.15) is 16.9 Å². The lowest BCUT2D eigenvalue weighted by atomic mass is 10.0. The van der Waals surface area contributed by atoms with Crippen molar-refractivity contribution in [2.75, 3.05) is 18.0 Å². The number of para-hydroxylation sites is 1. The molecule has 7 heteroatoms. The molecule has 2 aromatic rings. The van der Waals surface area contributed by atoms with Crippen LogP contribution in [0.15, 0.2) is 46.7 Å². The van der Waals surface area contributed by atoms with Gasteiger partial charge in [0.1, 0.15) is 10.9 Å². The number of nitrogens with zero attached hydrogens (tertiary/aromatic N) is 2. The minimum absolute atomic E-state index is 0.0131. The third-order valence-corrected chi connectivity index (χ3v) is 6.59. The molecule has 0 aliphatic carbocycles. The Morgan fingerprint density at radius 3 is 2.88 bits per heavy atom. The van der Waals surface area contributed by atoms with Gasteiger partial charge in [-0.15, -0.1) is 11.3 Å². The fourth-order valence-corrected chi connectivity index (χ4v) is 5.13. The first-order valence-electron chi connectivity index (χ1n) is 8.30. The highest BCUT2D eigenvalue weighted by atomic mass is 32.2. The van der Waals surface area contributed by atoms with Gasteiger partial charge < -0.3 is 4.90 Å². The van der Waals surface area contributed by atoms with Gasteiger partial charge in [-0.2, -0.15) is 0 Å². The topological polar surface area (TPSA) is 40.6 Å². The second kappa shape index (κ2) is 7.34. The smallest absolute Gasteiger partial charge is 0.266 e. The number of carbonyl (C=O) groups excluding carboxylic acids is 2. The maximum atomic E-state index is 12.9. The Morgan fingerprint density at radius 1 is 1.23 bits per heavy atom. The number of amides is 2. The third kappa shape index (κ3) is 3.34. The largest absolute Gasteiger partial charge is 0.311 e. The molecule has 0 N–H and O–H groups in total. The van der Waals surface area contributed by atoms with Gasteiger partial charge in [-0.25, -0.2) is 0 Å². The summed E-state index contributed by atoms with van der Waals surface area (Å²) in [5.74, 6) is -0.280. The summed E-state index contributed by atoms with van der Waals surface area (Å²) in [6.45, 7) is 0.663. The van der Waals surface area contributed by atoms with E-state index in [1.165, 1.54) is 22.2 Å². The molecular formula is C19H16N2O2S3. The number of anilines is 1. The normalized spacial score (nSPS) is 18.5. The van der Waals surface area contributed by atoms with E-state index in [0.717, 1.165) is 23.4 Å². The van der Waals surface area contributed by atoms with Gasteiger partial charge in [0.05, 0.1) is 4.91 Å². The Labute approximate surface area is 165 Å². The summed E-state index contributed by atoms with van der Waals surface area (Å²) in [6.07, 6.45) is 3.74. The van der Waals surface area contributed by atoms with Crippen LogP contribution < -0.4 is 4.90 Å². The summed E-state index contributed by atoms with van der Waals surface area (Å²) in [5, 5.41) is 1.96. The van der Waals surface area contributed by atoms with E-state index in [1.54, 1.807) is 16.2 Å². The van der Waals surface area contributed by atoms with Crippen molar-refractivity contribution in [3.8, 4) is 0 Å². The quantitative estimate of drug-likeness (QED) is 0.578. The first kappa shape index (κ1) is 17.5. The summed E-state index contributed by atoms with van der Waals surface area (Å²) in [4.78, 5) is 30.3. The molecule has 3 heterocycles. The number of rotatable bonds is 3. The second-order valence-electron chi connectivity index (χ2n) is 6.06. The van der Waals surface area contributed by atoms with Crippen molar-refractivity contribution in [3.05, 3.63) is 57.1 Å². The summed E-state index contributed by atoms with van der Waals surface area (Å²) >= 11 is 8.17. The van der Waals surface area contributed by atoms with Crippen molar-refractivity contribution in [1.29, 1.82) is 0 Å². The molecule has 1 aromatic heterocycles. The molecule has 1 aromatic carbocycles. The maximum Gasteiger partial charge on any atom is 0.266 e. The van der Waals surface area contributed by atoms with Crippen LogP contribution in [0, 0.1) is 0 Å². The summed E-state index contributed by atoms with van der Waals surface area (Å²) < 4.78 is 0.441. The zero-order chi connectivity index (χ0) is 18.1. The zero-order valence-electron chi connectivity index (χ0n) is 13.9. The predicted octanol–water partition coefficient (Wildman–Crippen LogP) is 3.93. The molecule has 2 amide bonds. The van der Waals surface area contributed by atoms with Crippen molar-refractivity contribution >= 4 is 63.2 Å². The minimum atomic E-state index is -0.188. The number of fused-ring (bicyclic) bond motifs is 1. The molecule has 4 rings (SSSR count). The molecule has 0 bridgehead atoms. The Morgan fingerprint density at radius 2 is 2.08 bits per heavy atom. The van der Waals surface area contributed by atoms with Crippen LogP contribution in [0.3, 0.4) is 0 Å². The average molecular weight is 401 g/mol. The van der Waals surface area contributed by atoms with Gasteiger partial charge in [-0.3, -0.25) is 14.5 Å². The molecule has 1 saturated heterocycles. The molecule has 0 radical (unpaired) electrons. The Hall–Kier alpha value is -1.96. The summed E-state index contributed by atoms with van der Waals surface area (Å²) in [6, 6.07) is 11.8. The van der Waals surface area contributed by atoms with E-state index in [1.807, 2.05) is 41.8 Å². The van der Waals surface area contributed by atoms with Gasteiger partial charge in [0.15, 0.2) is 0 Å². The van der Waals surface area contributed by atoms with Gasteiger partial charge in [0.25, 0.3) is 5.91 Å². The van der Waals surface area contributed by atoms with Crippen molar-refractivity contribution in [1.82, 2.24) is 4.90 Å². The number of thiocarbonyl (C=S) groups is 1. The molecule has 4 nitrogen and oxygen atoms in total. The number of aryl methyl sites for hydroxylation is 1. The van der Waals surface area contributed by atoms with Gasteiger partial charge in [-0.1, -0.05) is 48.2 Å². The van der Waals surface area contributed by atoms with Crippen LogP contribution >= 0.6 is 35.3 Å². The standard InChI is InChI=1S/C19H16N2O2S3/c22-17(20-9-3-6-13-5-1-2-8-15(13)20)12-21-18(23)16(26-19(21)24)11-14-7-4-10-25-14/h1-2,4-5,7-8,10-11H,3,6,9,12H2/b16-11-. The first-order valence-corrected chi connectivity index (χ1v) is 10.4. The summed E-state index contributed by atoms with van der Waals surface area (Å²) in [5.41, 5.74) is 2.12. The lowest BCUT2D eigenvalue weighted by molar-refractivity contribution is -0.127. The van der Waals surface area contributed by atoms with Crippen molar-refractivity contribution in [3.63, 3.8) is 0 Å². The maximum absolute atomic E-state index is 12.9. The van der Waals surface area contributed by atoms with Crippen molar-refractivity contribution < 1.29 is 9.59 Å². The fourth-order valence-electron chi connectivity index (χ4n) is 3.15. The number of thiophene rings is 1. The fraction of sp³-hybridized carbons (Fsp3) is 0.211. The van der Waals surface area contributed by atoms with E-state index in [0.29, 0.717) is 15.8 Å². The number of carbonyl (C=O) groups is 2. The number of benzene rings is 1. The number of hydrogen-bond donors (Lipinski definition) is 0. The molecule has 0 unspecified atom stereocenters. The molecule has 2 aliphatic rings. The lowest BCUT2D eigenvalue weighted by Crippen LogP contribution is -2.44. The van der Waals surface area contributed by atoms with Crippen molar-refractivity contribution in [2.45, 2.75) is 12.8 Å². The van der Waals surface area contributed by atoms with E-state index in [2.05, 4.69) is 6.07 Å². The van der Waals surface area contributed by atoms with E-state index in [-0.39, 0.29) is 18.4 Å². The highest BCUT2D eigenvalue weighted by Crippen LogP contribution is 2.34. The molecule has 2 aliphatic heterocycles. The van der Waals surface area contributed by atoms with Crippen LogP contribution in [0.25, 0.3) is 6.08 Å². The molecule has 132 valence electrons. The van der Waals surface area contributed by atoms with E-state index < -0.39 is 0 Å². The molecule has 0 spiro atoms. The van der Waals surface area contributed by atoms with Crippen LogP contribution in [0.4, 0.5) is 5.69 Å². The monoisotopic (exact) mass is 400 g/mol. The Balaban J connectivity index is 1.52. The first-order chi connectivity index (χ1) is 12.6.